The van der Waals surface area contributed by atoms with Crippen molar-refractivity contribution in [1.82, 2.24) is 15.1 Å². The largest absolute Gasteiger partial charge is 0.290 e. The van der Waals surface area contributed by atoms with E-state index in [9.17, 15) is 0 Å². The quantitative estimate of drug-likeness (QED) is 0.903. The SMILES string of the molecule is Cc1ccc(CN2CCCC2c2ccn[nH]2)s1. The molecular weight excluding hydrogens is 230 g/mol. The molecule has 0 aliphatic carbocycles. The van der Waals surface area contributed by atoms with E-state index in [-0.39, 0.29) is 0 Å². The minimum Gasteiger partial charge on any atom is -0.290 e. The molecule has 1 atom stereocenters. The number of thiophene rings is 1. The number of likely N-dealkylation sites (tertiary alicyclic amines) is 1. The topological polar surface area (TPSA) is 31.9 Å². The van der Waals surface area contributed by atoms with Gasteiger partial charge in [0.25, 0.3) is 0 Å². The molecule has 0 saturated carbocycles. The Morgan fingerprint density at radius 1 is 1.47 bits per heavy atom. The van der Waals surface area contributed by atoms with Crippen LogP contribution in [-0.4, -0.2) is 21.6 Å². The maximum atomic E-state index is 4.06. The maximum absolute atomic E-state index is 4.06. The van der Waals surface area contributed by atoms with Gasteiger partial charge in [-0.25, -0.2) is 0 Å². The summed E-state index contributed by atoms with van der Waals surface area (Å²) in [5.41, 5.74) is 1.26. The number of aryl methyl sites for hydroxylation is 1. The van der Waals surface area contributed by atoms with Gasteiger partial charge in [-0.05, 0) is 44.5 Å². The van der Waals surface area contributed by atoms with E-state index in [0.717, 1.165) is 6.54 Å². The van der Waals surface area contributed by atoms with Crippen LogP contribution in [0.1, 0.15) is 34.3 Å². The average molecular weight is 247 g/mol. The molecule has 1 unspecified atom stereocenters. The van der Waals surface area contributed by atoms with Crippen LogP contribution in [0.4, 0.5) is 0 Å². The van der Waals surface area contributed by atoms with Crippen molar-refractivity contribution in [3.05, 3.63) is 39.8 Å². The lowest BCUT2D eigenvalue weighted by molar-refractivity contribution is 0.246. The molecule has 4 heteroatoms. The smallest absolute Gasteiger partial charge is 0.0523 e. The first-order valence-corrected chi connectivity index (χ1v) is 6.93. The minimum absolute atomic E-state index is 0.528. The van der Waals surface area contributed by atoms with E-state index < -0.39 is 0 Å². The highest BCUT2D eigenvalue weighted by Gasteiger charge is 2.27. The number of H-pyrrole nitrogens is 1. The molecule has 1 aliphatic rings. The Balaban J connectivity index is 1.74. The number of aromatic nitrogens is 2. The molecule has 1 saturated heterocycles. The zero-order valence-corrected chi connectivity index (χ0v) is 10.8. The molecule has 1 fully saturated rings. The van der Waals surface area contributed by atoms with Crippen LogP contribution in [-0.2, 0) is 6.54 Å². The summed E-state index contributed by atoms with van der Waals surface area (Å²) in [4.78, 5) is 5.42. The molecule has 0 amide bonds. The van der Waals surface area contributed by atoms with Crippen molar-refractivity contribution in [2.24, 2.45) is 0 Å². The predicted octanol–water partition coefficient (Wildman–Crippen LogP) is 3.12. The number of aromatic amines is 1. The fraction of sp³-hybridized carbons (Fsp3) is 0.462. The summed E-state index contributed by atoms with van der Waals surface area (Å²) >= 11 is 1.91. The minimum atomic E-state index is 0.528. The molecule has 1 aliphatic heterocycles. The molecule has 2 aromatic heterocycles. The molecule has 3 rings (SSSR count). The van der Waals surface area contributed by atoms with Crippen molar-refractivity contribution >= 4 is 11.3 Å². The highest BCUT2D eigenvalue weighted by molar-refractivity contribution is 7.11. The fourth-order valence-corrected chi connectivity index (χ4v) is 3.51. The molecule has 0 spiro atoms. The second kappa shape index (κ2) is 4.63. The van der Waals surface area contributed by atoms with Crippen molar-refractivity contribution < 1.29 is 0 Å². The van der Waals surface area contributed by atoms with E-state index in [1.54, 1.807) is 0 Å². The molecule has 1 N–H and O–H groups in total. The van der Waals surface area contributed by atoms with Crippen LogP contribution < -0.4 is 0 Å². The Hall–Kier alpha value is -1.13. The first-order chi connectivity index (χ1) is 8.33. The molecular formula is C13H17N3S. The highest BCUT2D eigenvalue weighted by atomic mass is 32.1. The van der Waals surface area contributed by atoms with Gasteiger partial charge in [-0.15, -0.1) is 11.3 Å². The summed E-state index contributed by atoms with van der Waals surface area (Å²) in [6.07, 6.45) is 4.38. The Morgan fingerprint density at radius 2 is 2.41 bits per heavy atom. The lowest BCUT2D eigenvalue weighted by atomic mass is 10.1. The Bertz CT molecular complexity index is 475. The average Bonchev–Trinajstić information content (AvgIpc) is 3.00. The van der Waals surface area contributed by atoms with E-state index >= 15 is 0 Å². The summed E-state index contributed by atoms with van der Waals surface area (Å²) in [5, 5.41) is 7.18. The number of rotatable bonds is 3. The number of hydrogen-bond acceptors (Lipinski definition) is 3. The molecule has 17 heavy (non-hydrogen) atoms. The van der Waals surface area contributed by atoms with Gasteiger partial charge in [-0.2, -0.15) is 5.10 Å². The van der Waals surface area contributed by atoms with Crippen LogP contribution in [0.3, 0.4) is 0 Å². The highest BCUT2D eigenvalue weighted by Crippen LogP contribution is 2.32. The molecule has 0 radical (unpaired) electrons. The van der Waals surface area contributed by atoms with Crippen LogP contribution in [0.15, 0.2) is 24.4 Å². The molecule has 2 aromatic rings. The molecule has 0 bridgehead atoms. The van der Waals surface area contributed by atoms with Crippen molar-refractivity contribution in [3.8, 4) is 0 Å². The third kappa shape index (κ3) is 2.28. The number of hydrogen-bond donors (Lipinski definition) is 1. The Kier molecular flexibility index (Phi) is 2.99. The van der Waals surface area contributed by atoms with Crippen molar-refractivity contribution in [3.63, 3.8) is 0 Å². The van der Waals surface area contributed by atoms with Crippen molar-refractivity contribution in [2.45, 2.75) is 32.4 Å². The normalized spacial score (nSPS) is 21.1. The first-order valence-electron chi connectivity index (χ1n) is 6.11. The zero-order valence-electron chi connectivity index (χ0n) is 10.0. The Morgan fingerprint density at radius 3 is 3.12 bits per heavy atom. The van der Waals surface area contributed by atoms with Crippen LogP contribution in [0.25, 0.3) is 0 Å². The van der Waals surface area contributed by atoms with Gasteiger partial charge < -0.3 is 0 Å². The van der Waals surface area contributed by atoms with Gasteiger partial charge in [0, 0.05) is 22.5 Å². The molecule has 3 heterocycles. The van der Waals surface area contributed by atoms with Gasteiger partial charge in [-0.1, -0.05) is 0 Å². The first kappa shape index (κ1) is 11.0. The third-order valence-electron chi connectivity index (χ3n) is 3.40. The summed E-state index contributed by atoms with van der Waals surface area (Å²) in [6.45, 7) is 4.44. The van der Waals surface area contributed by atoms with Gasteiger partial charge in [0.15, 0.2) is 0 Å². The zero-order chi connectivity index (χ0) is 11.7. The van der Waals surface area contributed by atoms with Crippen LogP contribution in [0.5, 0.6) is 0 Å². The second-order valence-electron chi connectivity index (χ2n) is 4.65. The van der Waals surface area contributed by atoms with Gasteiger partial charge in [0.2, 0.25) is 0 Å². The number of nitrogens with one attached hydrogen (secondary N) is 1. The van der Waals surface area contributed by atoms with Gasteiger partial charge >= 0.3 is 0 Å². The van der Waals surface area contributed by atoms with Crippen LogP contribution in [0, 0.1) is 6.92 Å². The molecule has 0 aromatic carbocycles. The van der Waals surface area contributed by atoms with Gasteiger partial charge in [-0.3, -0.25) is 10.00 Å². The third-order valence-corrected chi connectivity index (χ3v) is 4.39. The van der Waals surface area contributed by atoms with E-state index in [2.05, 4.69) is 40.2 Å². The predicted molar refractivity (Wildman–Crippen MR) is 70.0 cm³/mol. The maximum Gasteiger partial charge on any atom is 0.0523 e. The molecule has 90 valence electrons. The van der Waals surface area contributed by atoms with Gasteiger partial charge in [0.1, 0.15) is 0 Å². The summed E-state index contributed by atoms with van der Waals surface area (Å²) in [5.74, 6) is 0. The van der Waals surface area contributed by atoms with E-state index in [1.807, 2.05) is 17.5 Å². The fourth-order valence-electron chi connectivity index (χ4n) is 2.59. The van der Waals surface area contributed by atoms with Crippen molar-refractivity contribution in [2.75, 3.05) is 6.54 Å². The summed E-state index contributed by atoms with van der Waals surface area (Å²) < 4.78 is 0. The summed E-state index contributed by atoms with van der Waals surface area (Å²) in [6, 6.07) is 7.09. The Labute approximate surface area is 105 Å². The van der Waals surface area contributed by atoms with Gasteiger partial charge in [0.05, 0.1) is 11.7 Å². The monoisotopic (exact) mass is 247 g/mol. The van der Waals surface area contributed by atoms with Crippen LogP contribution in [0.2, 0.25) is 0 Å². The van der Waals surface area contributed by atoms with Crippen LogP contribution >= 0.6 is 11.3 Å². The van der Waals surface area contributed by atoms with E-state index in [1.165, 1.54) is 34.8 Å². The van der Waals surface area contributed by atoms with Crippen molar-refractivity contribution in [1.29, 1.82) is 0 Å². The second-order valence-corrected chi connectivity index (χ2v) is 6.03. The number of nitrogens with zero attached hydrogens (tertiary/aromatic N) is 2. The molecule has 3 nitrogen and oxygen atoms in total. The van der Waals surface area contributed by atoms with E-state index in [4.69, 9.17) is 0 Å². The summed E-state index contributed by atoms with van der Waals surface area (Å²) in [7, 11) is 0. The lowest BCUT2D eigenvalue weighted by Crippen LogP contribution is -2.22. The lowest BCUT2D eigenvalue weighted by Gasteiger charge is -2.22. The van der Waals surface area contributed by atoms with E-state index in [0.29, 0.717) is 6.04 Å². The standard InChI is InChI=1S/C13H17N3S/c1-10-4-5-11(17-10)9-16-8-2-3-13(16)12-6-7-14-15-12/h4-7,13H,2-3,8-9H2,1H3,(H,14,15).